The number of carbonyl (C=O) groups is 2. The van der Waals surface area contributed by atoms with Crippen LogP contribution in [0.25, 0.3) is 0 Å². The van der Waals surface area contributed by atoms with Crippen molar-refractivity contribution >= 4 is 11.8 Å². The van der Waals surface area contributed by atoms with Crippen LogP contribution in [0, 0.1) is 5.92 Å². The van der Waals surface area contributed by atoms with Gasteiger partial charge in [0.1, 0.15) is 5.69 Å². The van der Waals surface area contributed by atoms with Gasteiger partial charge >= 0.3 is 5.97 Å². The normalized spacial score (nSPS) is 17.5. The van der Waals surface area contributed by atoms with Crippen molar-refractivity contribution in [3.8, 4) is 11.5 Å². The van der Waals surface area contributed by atoms with Crippen molar-refractivity contribution in [2.24, 2.45) is 5.92 Å². The number of rotatable bonds is 7. The van der Waals surface area contributed by atoms with Gasteiger partial charge in [0.2, 0.25) is 0 Å². The minimum atomic E-state index is -1.03. The Bertz CT molecular complexity index is 833. The molecular formula is C19H23N3O5. The van der Waals surface area contributed by atoms with Gasteiger partial charge in [-0.2, -0.15) is 5.10 Å². The second-order valence-corrected chi connectivity index (χ2v) is 6.58. The van der Waals surface area contributed by atoms with Crippen molar-refractivity contribution in [3.63, 3.8) is 0 Å². The van der Waals surface area contributed by atoms with Crippen LogP contribution in [-0.2, 0) is 6.54 Å². The van der Waals surface area contributed by atoms with Gasteiger partial charge in [-0.05, 0) is 37.6 Å². The van der Waals surface area contributed by atoms with E-state index in [1.807, 2.05) is 0 Å². The Hall–Kier alpha value is -2.87. The highest BCUT2D eigenvalue weighted by Gasteiger charge is 2.28. The number of ether oxygens (including phenoxy) is 2. The molecule has 0 bridgehead atoms. The quantitative estimate of drug-likeness (QED) is 0.717. The summed E-state index contributed by atoms with van der Waals surface area (Å²) in [5.74, 6) is 0.00166. The third-order valence-corrected chi connectivity index (χ3v) is 4.87. The second kappa shape index (κ2) is 8.22. The number of H-pyrrole nitrogens is 1. The number of piperidine rings is 1. The molecule has 2 N–H and O–H groups in total. The van der Waals surface area contributed by atoms with E-state index in [2.05, 4.69) is 15.1 Å². The van der Waals surface area contributed by atoms with E-state index in [1.54, 1.807) is 32.4 Å². The van der Waals surface area contributed by atoms with Crippen LogP contribution in [0.15, 0.2) is 24.4 Å². The summed E-state index contributed by atoms with van der Waals surface area (Å²) in [6.45, 7) is 1.85. The second-order valence-electron chi connectivity index (χ2n) is 6.58. The van der Waals surface area contributed by atoms with Crippen LogP contribution in [0.2, 0.25) is 0 Å². The lowest BCUT2D eigenvalue weighted by Gasteiger charge is -2.31. The maximum absolute atomic E-state index is 13.0. The molecule has 1 aliphatic rings. The molecule has 0 aliphatic carbocycles. The lowest BCUT2D eigenvalue weighted by atomic mass is 9.89. The average Bonchev–Trinajstić information content (AvgIpc) is 3.15. The van der Waals surface area contributed by atoms with Crippen molar-refractivity contribution < 1.29 is 24.2 Å². The predicted octanol–water partition coefficient (Wildman–Crippen LogP) is 2.22. The molecule has 1 fully saturated rings. The standard InChI is InChI=1S/C19H23N3O5/c1-26-15-6-5-12(8-16(15)27-2)18(23)13-4-3-7-22(10-13)11-14-9-20-21-17(14)19(24)25/h5-6,8-9,13H,3-4,7,10-11H2,1-2H3,(H,20,21)(H,24,25)/t13-/m1/s1. The maximum atomic E-state index is 13.0. The van der Waals surface area contributed by atoms with E-state index >= 15 is 0 Å². The first-order valence-electron chi connectivity index (χ1n) is 8.77. The number of carbonyl (C=O) groups excluding carboxylic acids is 1. The van der Waals surface area contributed by atoms with Gasteiger partial charge in [-0.15, -0.1) is 0 Å². The molecule has 0 spiro atoms. The average molecular weight is 373 g/mol. The summed E-state index contributed by atoms with van der Waals surface area (Å²) in [5.41, 5.74) is 1.32. The number of hydrogen-bond acceptors (Lipinski definition) is 6. The van der Waals surface area contributed by atoms with E-state index in [1.165, 1.54) is 6.20 Å². The molecule has 2 aromatic rings. The number of likely N-dealkylation sites (tertiary alicyclic amines) is 1. The first kappa shape index (κ1) is 18.9. The largest absolute Gasteiger partial charge is 0.493 e. The summed E-state index contributed by atoms with van der Waals surface area (Å²) in [5, 5.41) is 15.5. The Morgan fingerprint density at radius 1 is 1.30 bits per heavy atom. The van der Waals surface area contributed by atoms with Gasteiger partial charge in [0, 0.05) is 30.1 Å². The summed E-state index contributed by atoms with van der Waals surface area (Å²) in [6.07, 6.45) is 3.22. The molecule has 8 heteroatoms. The van der Waals surface area contributed by atoms with Crippen molar-refractivity contribution in [2.45, 2.75) is 19.4 Å². The van der Waals surface area contributed by atoms with Gasteiger partial charge in [-0.1, -0.05) is 0 Å². The number of ketones is 1. The Balaban J connectivity index is 1.71. The number of aromatic amines is 1. The summed E-state index contributed by atoms with van der Waals surface area (Å²) in [4.78, 5) is 26.3. The summed E-state index contributed by atoms with van der Waals surface area (Å²) < 4.78 is 10.5. The molecule has 1 aliphatic heterocycles. The third-order valence-electron chi connectivity index (χ3n) is 4.87. The van der Waals surface area contributed by atoms with Crippen molar-refractivity contribution in [1.82, 2.24) is 15.1 Å². The van der Waals surface area contributed by atoms with Gasteiger partial charge < -0.3 is 14.6 Å². The molecule has 27 heavy (non-hydrogen) atoms. The fourth-order valence-electron chi connectivity index (χ4n) is 3.50. The molecule has 1 aromatic heterocycles. The highest BCUT2D eigenvalue weighted by atomic mass is 16.5. The predicted molar refractivity (Wildman–Crippen MR) is 97.4 cm³/mol. The lowest BCUT2D eigenvalue weighted by molar-refractivity contribution is 0.0683. The number of nitrogens with zero attached hydrogens (tertiary/aromatic N) is 2. The van der Waals surface area contributed by atoms with Gasteiger partial charge in [-0.25, -0.2) is 4.79 Å². The van der Waals surface area contributed by atoms with E-state index in [4.69, 9.17) is 9.47 Å². The van der Waals surface area contributed by atoms with Crippen LogP contribution in [0.3, 0.4) is 0 Å². The van der Waals surface area contributed by atoms with E-state index in [9.17, 15) is 14.7 Å². The minimum absolute atomic E-state index is 0.0614. The summed E-state index contributed by atoms with van der Waals surface area (Å²) in [6, 6.07) is 5.19. The Labute approximate surface area is 157 Å². The van der Waals surface area contributed by atoms with Gasteiger partial charge in [-0.3, -0.25) is 14.8 Å². The van der Waals surface area contributed by atoms with Gasteiger partial charge in [0.05, 0.1) is 20.4 Å². The zero-order valence-electron chi connectivity index (χ0n) is 15.4. The molecule has 1 aromatic carbocycles. The van der Waals surface area contributed by atoms with Gasteiger partial charge in [0.25, 0.3) is 0 Å². The fourth-order valence-corrected chi connectivity index (χ4v) is 3.50. The Kier molecular flexibility index (Phi) is 5.75. The van der Waals surface area contributed by atoms with E-state index < -0.39 is 5.97 Å². The number of carboxylic acid groups (broad SMARTS) is 1. The van der Waals surface area contributed by atoms with Crippen LogP contribution in [0.1, 0.15) is 39.3 Å². The highest BCUT2D eigenvalue weighted by Crippen LogP contribution is 2.30. The molecule has 1 atom stereocenters. The number of Topliss-reactive ketones (excluding diaryl/α,β-unsaturated/α-hetero) is 1. The zero-order valence-corrected chi connectivity index (χ0v) is 15.4. The van der Waals surface area contributed by atoms with Gasteiger partial charge in [0.15, 0.2) is 17.3 Å². The fraction of sp³-hybridized carbons (Fsp3) is 0.421. The number of aromatic carboxylic acids is 1. The van der Waals surface area contributed by atoms with Crippen molar-refractivity contribution in [1.29, 1.82) is 0 Å². The minimum Gasteiger partial charge on any atom is -0.493 e. The molecule has 0 unspecified atom stereocenters. The first-order chi connectivity index (χ1) is 13.0. The van der Waals surface area contributed by atoms with E-state index in [0.29, 0.717) is 35.7 Å². The molecule has 0 amide bonds. The number of benzene rings is 1. The molecule has 8 nitrogen and oxygen atoms in total. The van der Waals surface area contributed by atoms with Crippen LogP contribution < -0.4 is 9.47 Å². The molecule has 144 valence electrons. The van der Waals surface area contributed by atoms with Crippen LogP contribution in [0.4, 0.5) is 0 Å². The number of aromatic nitrogens is 2. The van der Waals surface area contributed by atoms with E-state index in [0.717, 1.165) is 19.4 Å². The maximum Gasteiger partial charge on any atom is 0.354 e. The number of methoxy groups -OCH3 is 2. The van der Waals surface area contributed by atoms with Crippen molar-refractivity contribution in [3.05, 3.63) is 41.2 Å². The topological polar surface area (TPSA) is 105 Å². The van der Waals surface area contributed by atoms with Crippen LogP contribution in [0.5, 0.6) is 11.5 Å². The van der Waals surface area contributed by atoms with Crippen LogP contribution >= 0.6 is 0 Å². The van der Waals surface area contributed by atoms with E-state index in [-0.39, 0.29) is 17.4 Å². The molecular weight excluding hydrogens is 350 g/mol. The lowest BCUT2D eigenvalue weighted by Crippen LogP contribution is -2.38. The third kappa shape index (κ3) is 4.11. The SMILES string of the molecule is COc1ccc(C(=O)[C@@H]2CCCN(Cc3cn[nH]c3C(=O)O)C2)cc1OC. The molecule has 3 rings (SSSR count). The number of nitrogens with one attached hydrogen (secondary N) is 1. The number of hydrogen-bond donors (Lipinski definition) is 2. The molecule has 1 saturated heterocycles. The summed E-state index contributed by atoms with van der Waals surface area (Å²) >= 11 is 0. The smallest absolute Gasteiger partial charge is 0.354 e. The molecule has 2 heterocycles. The summed E-state index contributed by atoms with van der Waals surface area (Å²) in [7, 11) is 3.10. The monoisotopic (exact) mass is 373 g/mol. The van der Waals surface area contributed by atoms with Crippen molar-refractivity contribution in [2.75, 3.05) is 27.3 Å². The first-order valence-corrected chi connectivity index (χ1v) is 8.77. The number of carboxylic acids is 1. The Morgan fingerprint density at radius 3 is 2.78 bits per heavy atom. The highest BCUT2D eigenvalue weighted by molar-refractivity contribution is 5.98. The molecule has 0 radical (unpaired) electrons. The van der Waals surface area contributed by atoms with Crippen LogP contribution in [-0.4, -0.2) is 59.3 Å². The zero-order chi connectivity index (χ0) is 19.4. The molecule has 0 saturated carbocycles. The Morgan fingerprint density at radius 2 is 2.07 bits per heavy atom.